The zero-order valence-electron chi connectivity index (χ0n) is 19.0. The van der Waals surface area contributed by atoms with Gasteiger partial charge in [0.1, 0.15) is 0 Å². The molecule has 0 spiro atoms. The number of ketones is 1. The Balaban J connectivity index is 2.07. The first-order chi connectivity index (χ1) is 15.0. The number of halogens is 1. The van der Waals surface area contributed by atoms with Crippen LogP contribution in [-0.4, -0.2) is 35.4 Å². The van der Waals surface area contributed by atoms with Crippen LogP contribution in [0.5, 0.6) is 0 Å². The molecule has 0 aliphatic heterocycles. The Hall–Kier alpha value is -2.27. The second kappa shape index (κ2) is 13.2. The van der Waals surface area contributed by atoms with Crippen LogP contribution in [0.3, 0.4) is 0 Å². The average Bonchev–Trinajstić information content (AvgIpc) is 3.18. The van der Waals surface area contributed by atoms with Crippen LogP contribution in [0.25, 0.3) is 0 Å². The monoisotopic (exact) mass is 446 g/mol. The second-order valence-corrected chi connectivity index (χ2v) is 8.39. The number of nitrogens with one attached hydrogen (secondary N) is 1. The first-order valence-corrected chi connectivity index (χ1v) is 11.8. The number of aromatic nitrogens is 1. The number of ether oxygens (including phenoxy) is 1. The lowest BCUT2D eigenvalue weighted by atomic mass is 9.96. The number of rotatable bonds is 14. The molecule has 1 heterocycles. The van der Waals surface area contributed by atoms with Gasteiger partial charge in [-0.1, -0.05) is 32.4 Å². The number of carbonyl (C=O) groups excluding carboxylic acids is 2. The Labute approximate surface area is 191 Å². The quantitative estimate of drug-likeness (QED) is 0.167. The van der Waals surface area contributed by atoms with Crippen molar-refractivity contribution < 1.29 is 14.3 Å². The highest BCUT2D eigenvalue weighted by molar-refractivity contribution is 6.17. The van der Waals surface area contributed by atoms with E-state index < -0.39 is 0 Å². The highest BCUT2D eigenvalue weighted by Gasteiger charge is 2.19. The van der Waals surface area contributed by atoms with Crippen molar-refractivity contribution >= 4 is 29.0 Å². The van der Waals surface area contributed by atoms with E-state index in [0.29, 0.717) is 37.4 Å². The van der Waals surface area contributed by atoms with Crippen LogP contribution in [-0.2, 0) is 16.1 Å². The van der Waals surface area contributed by atoms with Crippen molar-refractivity contribution in [3.8, 4) is 0 Å². The lowest BCUT2D eigenvalue weighted by Gasteiger charge is -2.09. The van der Waals surface area contributed by atoms with Crippen LogP contribution in [0.15, 0.2) is 36.7 Å². The van der Waals surface area contributed by atoms with Crippen LogP contribution in [0, 0.1) is 0 Å². The van der Waals surface area contributed by atoms with Crippen molar-refractivity contribution in [3.63, 3.8) is 0 Å². The number of carbonyl (C=O) groups is 2. The summed E-state index contributed by atoms with van der Waals surface area (Å²) in [4.78, 5) is 24.9. The van der Waals surface area contributed by atoms with E-state index >= 15 is 0 Å². The topological polar surface area (TPSA) is 60.3 Å². The summed E-state index contributed by atoms with van der Waals surface area (Å²) < 4.78 is 7.00. The predicted molar refractivity (Wildman–Crippen MR) is 127 cm³/mol. The maximum Gasteiger partial charge on any atom is 0.305 e. The minimum atomic E-state index is -0.179. The molecule has 1 aromatic heterocycles. The van der Waals surface area contributed by atoms with Gasteiger partial charge in [0.15, 0.2) is 5.78 Å². The van der Waals surface area contributed by atoms with Gasteiger partial charge in [-0.2, -0.15) is 0 Å². The fourth-order valence-electron chi connectivity index (χ4n) is 3.50. The van der Waals surface area contributed by atoms with Gasteiger partial charge < -0.3 is 14.6 Å². The molecular weight excluding hydrogens is 412 g/mol. The highest BCUT2D eigenvalue weighted by atomic mass is 35.5. The lowest BCUT2D eigenvalue weighted by Crippen LogP contribution is -2.07. The zero-order valence-corrected chi connectivity index (χ0v) is 19.7. The number of aryl methyl sites for hydroxylation is 1. The van der Waals surface area contributed by atoms with Crippen LogP contribution in [0.4, 0.5) is 5.69 Å². The summed E-state index contributed by atoms with van der Waals surface area (Å²) in [6.07, 6.45) is 8.17. The van der Waals surface area contributed by atoms with E-state index in [1.165, 1.54) is 0 Å². The third-order valence-corrected chi connectivity index (χ3v) is 5.41. The van der Waals surface area contributed by atoms with Gasteiger partial charge in [0.05, 0.1) is 6.61 Å². The van der Waals surface area contributed by atoms with Crippen molar-refractivity contribution in [2.45, 2.75) is 65.3 Å². The van der Waals surface area contributed by atoms with Crippen LogP contribution in [0.1, 0.15) is 80.3 Å². The van der Waals surface area contributed by atoms with Gasteiger partial charge in [0.2, 0.25) is 0 Å². The summed E-state index contributed by atoms with van der Waals surface area (Å²) in [5.41, 5.74) is 3.39. The van der Waals surface area contributed by atoms with Gasteiger partial charge in [-0.15, -0.1) is 11.6 Å². The summed E-state index contributed by atoms with van der Waals surface area (Å²) >= 11 is 5.72. The van der Waals surface area contributed by atoms with Crippen molar-refractivity contribution in [1.29, 1.82) is 0 Å². The molecule has 2 rings (SSSR count). The molecule has 0 saturated heterocycles. The second-order valence-electron chi connectivity index (χ2n) is 8.01. The molecule has 0 aliphatic rings. The molecule has 0 amide bonds. The Morgan fingerprint density at radius 1 is 1.13 bits per heavy atom. The van der Waals surface area contributed by atoms with Crippen LogP contribution >= 0.6 is 11.6 Å². The van der Waals surface area contributed by atoms with E-state index in [-0.39, 0.29) is 17.7 Å². The van der Waals surface area contributed by atoms with E-state index in [1.807, 2.05) is 48.1 Å². The Morgan fingerprint density at radius 2 is 1.94 bits per heavy atom. The summed E-state index contributed by atoms with van der Waals surface area (Å²) in [7, 11) is 0. The van der Waals surface area contributed by atoms with E-state index in [4.69, 9.17) is 16.3 Å². The molecular formula is C25H35ClN2O3. The molecule has 0 bridgehead atoms. The van der Waals surface area contributed by atoms with Gasteiger partial charge in [0.25, 0.3) is 0 Å². The van der Waals surface area contributed by atoms with Crippen LogP contribution < -0.4 is 5.32 Å². The Morgan fingerprint density at radius 3 is 2.65 bits per heavy atom. The molecule has 170 valence electrons. The van der Waals surface area contributed by atoms with Crippen molar-refractivity contribution in [3.05, 3.63) is 53.3 Å². The van der Waals surface area contributed by atoms with Gasteiger partial charge in [-0.05, 0) is 49.8 Å². The molecule has 5 nitrogen and oxygen atoms in total. The molecule has 31 heavy (non-hydrogen) atoms. The molecule has 1 aromatic carbocycles. The molecule has 0 saturated carbocycles. The average molecular weight is 447 g/mol. The molecule has 0 aliphatic carbocycles. The largest absolute Gasteiger partial charge is 0.466 e. The van der Waals surface area contributed by atoms with Crippen LogP contribution in [0.2, 0.25) is 0 Å². The Bertz CT molecular complexity index is 845. The summed E-state index contributed by atoms with van der Waals surface area (Å²) in [5.74, 6) is 0.777. The van der Waals surface area contributed by atoms with Crippen molar-refractivity contribution in [2.75, 3.05) is 24.3 Å². The highest BCUT2D eigenvalue weighted by Crippen LogP contribution is 2.25. The molecule has 1 N–H and O–H groups in total. The maximum atomic E-state index is 13.3. The van der Waals surface area contributed by atoms with Gasteiger partial charge in [-0.3, -0.25) is 9.59 Å². The summed E-state index contributed by atoms with van der Waals surface area (Å²) in [5, 5.41) is 3.40. The standard InChI is InChI=1S/C25H35ClN2O3/c1-4-31-24(29)12-9-15-28-17-22(19(2)3)23(18-28)25(30)20-10-8-11-21(16-20)27-14-7-5-6-13-26/h8,10-11,16-19,27H,4-7,9,12-15H2,1-3H3. The van der Waals surface area contributed by atoms with Crippen molar-refractivity contribution in [2.24, 2.45) is 0 Å². The minimum Gasteiger partial charge on any atom is -0.466 e. The Kier molecular flexibility index (Phi) is 10.6. The fraction of sp³-hybridized carbons (Fsp3) is 0.520. The zero-order chi connectivity index (χ0) is 22.6. The third-order valence-electron chi connectivity index (χ3n) is 5.14. The first kappa shape index (κ1) is 25.0. The summed E-state index contributed by atoms with van der Waals surface area (Å²) in [6.45, 7) is 7.93. The number of hydrogen-bond acceptors (Lipinski definition) is 4. The molecule has 0 fully saturated rings. The van der Waals surface area contributed by atoms with E-state index in [1.54, 1.807) is 0 Å². The third kappa shape index (κ3) is 8.06. The number of hydrogen-bond donors (Lipinski definition) is 1. The first-order valence-electron chi connectivity index (χ1n) is 11.3. The van der Waals surface area contributed by atoms with E-state index in [2.05, 4.69) is 19.2 Å². The minimum absolute atomic E-state index is 0.0265. The SMILES string of the molecule is CCOC(=O)CCCn1cc(C(=O)c2cccc(NCCCCCCl)c2)c(C(C)C)c1. The van der Waals surface area contributed by atoms with Crippen molar-refractivity contribution in [1.82, 2.24) is 4.57 Å². The normalized spacial score (nSPS) is 11.0. The smallest absolute Gasteiger partial charge is 0.305 e. The van der Waals surface area contributed by atoms with Gasteiger partial charge in [0, 0.05) is 54.6 Å². The van der Waals surface area contributed by atoms with Gasteiger partial charge >= 0.3 is 5.97 Å². The number of alkyl halides is 1. The lowest BCUT2D eigenvalue weighted by molar-refractivity contribution is -0.143. The van der Waals surface area contributed by atoms with Gasteiger partial charge in [-0.25, -0.2) is 0 Å². The maximum absolute atomic E-state index is 13.3. The number of nitrogens with zero attached hydrogens (tertiary/aromatic N) is 1. The number of benzene rings is 1. The fourth-order valence-corrected chi connectivity index (χ4v) is 3.69. The molecule has 6 heteroatoms. The van der Waals surface area contributed by atoms with E-state index in [9.17, 15) is 9.59 Å². The summed E-state index contributed by atoms with van der Waals surface area (Å²) in [6, 6.07) is 7.69. The molecule has 2 aromatic rings. The number of unbranched alkanes of at least 4 members (excludes halogenated alkanes) is 2. The van der Waals surface area contributed by atoms with E-state index in [0.717, 1.165) is 42.6 Å². The number of anilines is 1. The molecule has 0 unspecified atom stereocenters. The molecule has 0 radical (unpaired) electrons. The predicted octanol–water partition coefficient (Wildman–Crippen LogP) is 6.01. The molecule has 0 atom stereocenters. The number of esters is 1.